The van der Waals surface area contributed by atoms with Crippen molar-refractivity contribution in [2.75, 3.05) is 5.32 Å². The minimum atomic E-state index is -1.11. The summed E-state index contributed by atoms with van der Waals surface area (Å²) in [6.45, 7) is 1.94. The summed E-state index contributed by atoms with van der Waals surface area (Å²) in [5, 5.41) is 11.5. The molecule has 5 nitrogen and oxygen atoms in total. The SMILES string of the molecule is CCC[C@H](N)C(=O)Nc1ccc(C(=O)O)c(Cl)c1. The van der Waals surface area contributed by atoms with Crippen LogP contribution in [-0.4, -0.2) is 23.0 Å². The number of benzene rings is 1. The molecule has 0 aliphatic carbocycles. The quantitative estimate of drug-likeness (QED) is 0.764. The molecule has 0 unspecified atom stereocenters. The van der Waals surface area contributed by atoms with Gasteiger partial charge in [0.05, 0.1) is 16.6 Å². The minimum Gasteiger partial charge on any atom is -0.478 e. The first-order chi connectivity index (χ1) is 8.45. The molecule has 1 aromatic carbocycles. The number of carboxylic acids is 1. The van der Waals surface area contributed by atoms with Crippen molar-refractivity contribution in [3.63, 3.8) is 0 Å². The summed E-state index contributed by atoms with van der Waals surface area (Å²) in [5.74, 6) is -1.42. The van der Waals surface area contributed by atoms with Crippen LogP contribution in [0.25, 0.3) is 0 Å². The molecule has 0 aliphatic rings. The number of amides is 1. The van der Waals surface area contributed by atoms with Crippen LogP contribution in [0.15, 0.2) is 18.2 Å². The molecule has 0 heterocycles. The molecule has 18 heavy (non-hydrogen) atoms. The fourth-order valence-corrected chi connectivity index (χ4v) is 1.70. The Morgan fingerprint density at radius 1 is 1.50 bits per heavy atom. The lowest BCUT2D eigenvalue weighted by atomic mass is 10.1. The number of rotatable bonds is 5. The molecule has 0 radical (unpaired) electrons. The Morgan fingerprint density at radius 3 is 2.67 bits per heavy atom. The molecular weight excluding hydrogens is 256 g/mol. The molecule has 0 bridgehead atoms. The molecule has 1 rings (SSSR count). The Labute approximate surface area is 110 Å². The lowest BCUT2D eigenvalue weighted by Crippen LogP contribution is -2.35. The maximum atomic E-state index is 11.6. The first kappa shape index (κ1) is 14.5. The van der Waals surface area contributed by atoms with Gasteiger partial charge in [-0.25, -0.2) is 4.79 Å². The summed E-state index contributed by atoms with van der Waals surface area (Å²) in [7, 11) is 0. The van der Waals surface area contributed by atoms with Crippen molar-refractivity contribution >= 4 is 29.2 Å². The number of anilines is 1. The smallest absolute Gasteiger partial charge is 0.337 e. The molecule has 0 aliphatic heterocycles. The number of nitrogens with two attached hydrogens (primary N) is 1. The Hall–Kier alpha value is -1.59. The second kappa shape index (κ2) is 6.37. The highest BCUT2D eigenvalue weighted by atomic mass is 35.5. The molecule has 1 aromatic rings. The number of hydrogen-bond donors (Lipinski definition) is 3. The number of nitrogens with one attached hydrogen (secondary N) is 1. The van der Waals surface area contributed by atoms with Crippen LogP contribution in [0.2, 0.25) is 5.02 Å². The van der Waals surface area contributed by atoms with Crippen LogP contribution in [0.5, 0.6) is 0 Å². The van der Waals surface area contributed by atoms with Crippen LogP contribution in [-0.2, 0) is 4.79 Å². The largest absolute Gasteiger partial charge is 0.478 e. The lowest BCUT2D eigenvalue weighted by Gasteiger charge is -2.11. The van der Waals surface area contributed by atoms with Gasteiger partial charge in [0.15, 0.2) is 0 Å². The topological polar surface area (TPSA) is 92.4 Å². The maximum Gasteiger partial charge on any atom is 0.337 e. The molecule has 0 aromatic heterocycles. The molecule has 0 fully saturated rings. The van der Waals surface area contributed by atoms with E-state index in [1.165, 1.54) is 18.2 Å². The highest BCUT2D eigenvalue weighted by Crippen LogP contribution is 2.21. The summed E-state index contributed by atoms with van der Waals surface area (Å²) >= 11 is 5.79. The molecule has 0 spiro atoms. The summed E-state index contributed by atoms with van der Waals surface area (Å²) in [4.78, 5) is 22.4. The minimum absolute atomic E-state index is 0.00692. The zero-order valence-electron chi connectivity index (χ0n) is 9.94. The number of aromatic carboxylic acids is 1. The van der Waals surface area contributed by atoms with Crippen LogP contribution in [0, 0.1) is 0 Å². The van der Waals surface area contributed by atoms with E-state index in [1.807, 2.05) is 6.92 Å². The van der Waals surface area contributed by atoms with E-state index in [4.69, 9.17) is 22.4 Å². The van der Waals surface area contributed by atoms with Crippen LogP contribution >= 0.6 is 11.6 Å². The molecule has 6 heteroatoms. The van der Waals surface area contributed by atoms with Crippen molar-refractivity contribution in [2.45, 2.75) is 25.8 Å². The summed E-state index contributed by atoms with van der Waals surface area (Å²) < 4.78 is 0. The van der Waals surface area contributed by atoms with Crippen LogP contribution in [0.3, 0.4) is 0 Å². The lowest BCUT2D eigenvalue weighted by molar-refractivity contribution is -0.117. The van der Waals surface area contributed by atoms with Gasteiger partial charge in [-0.2, -0.15) is 0 Å². The van der Waals surface area contributed by atoms with E-state index in [-0.39, 0.29) is 16.5 Å². The van der Waals surface area contributed by atoms with Crippen molar-refractivity contribution in [1.82, 2.24) is 0 Å². The molecule has 4 N–H and O–H groups in total. The third-order valence-corrected chi connectivity index (χ3v) is 2.72. The summed E-state index contributed by atoms with van der Waals surface area (Å²) in [5.41, 5.74) is 6.08. The maximum absolute atomic E-state index is 11.6. The van der Waals surface area contributed by atoms with Crippen LogP contribution < -0.4 is 11.1 Å². The molecule has 0 saturated carbocycles. The normalized spacial score (nSPS) is 11.9. The van der Waals surface area contributed by atoms with E-state index < -0.39 is 12.0 Å². The van der Waals surface area contributed by atoms with Crippen molar-refractivity contribution in [1.29, 1.82) is 0 Å². The summed E-state index contributed by atoms with van der Waals surface area (Å²) in [6, 6.07) is 3.63. The van der Waals surface area contributed by atoms with Gasteiger partial charge in [-0.15, -0.1) is 0 Å². The summed E-state index contributed by atoms with van der Waals surface area (Å²) in [6.07, 6.45) is 1.40. The van der Waals surface area contributed by atoms with E-state index in [2.05, 4.69) is 5.32 Å². The Kier molecular flexibility index (Phi) is 5.12. The second-order valence-corrected chi connectivity index (χ2v) is 4.29. The number of carbonyl (C=O) groups is 2. The molecule has 98 valence electrons. The van der Waals surface area contributed by atoms with Gasteiger partial charge < -0.3 is 16.2 Å². The van der Waals surface area contributed by atoms with Gasteiger partial charge in [0, 0.05) is 5.69 Å². The fourth-order valence-electron chi connectivity index (χ4n) is 1.44. The van der Waals surface area contributed by atoms with Gasteiger partial charge in [0.2, 0.25) is 5.91 Å². The van der Waals surface area contributed by atoms with Crippen molar-refractivity contribution in [2.24, 2.45) is 5.73 Å². The van der Waals surface area contributed by atoms with Crippen molar-refractivity contribution in [3.8, 4) is 0 Å². The zero-order chi connectivity index (χ0) is 13.7. The molecule has 0 saturated heterocycles. The number of halogens is 1. The Balaban J connectivity index is 2.77. The van der Waals surface area contributed by atoms with E-state index >= 15 is 0 Å². The van der Waals surface area contributed by atoms with Crippen LogP contribution in [0.4, 0.5) is 5.69 Å². The molecular formula is C12H15ClN2O3. The highest BCUT2D eigenvalue weighted by Gasteiger charge is 2.14. The standard InChI is InChI=1S/C12H15ClN2O3/c1-2-3-10(14)11(16)15-7-4-5-8(12(17)18)9(13)6-7/h4-6,10H,2-3,14H2,1H3,(H,15,16)(H,17,18)/t10-/m0/s1. The van der Waals surface area contributed by atoms with E-state index in [1.54, 1.807) is 0 Å². The second-order valence-electron chi connectivity index (χ2n) is 3.88. The van der Waals surface area contributed by atoms with E-state index in [0.29, 0.717) is 12.1 Å². The van der Waals surface area contributed by atoms with E-state index in [0.717, 1.165) is 6.42 Å². The van der Waals surface area contributed by atoms with Crippen molar-refractivity contribution < 1.29 is 14.7 Å². The van der Waals surface area contributed by atoms with Crippen LogP contribution in [0.1, 0.15) is 30.1 Å². The fraction of sp³-hybridized carbons (Fsp3) is 0.333. The Bertz CT molecular complexity index is 463. The predicted octanol–water partition coefficient (Wildman–Crippen LogP) is 2.10. The number of hydrogen-bond acceptors (Lipinski definition) is 3. The van der Waals surface area contributed by atoms with Gasteiger partial charge in [-0.1, -0.05) is 24.9 Å². The first-order valence-corrected chi connectivity index (χ1v) is 5.92. The monoisotopic (exact) mass is 270 g/mol. The van der Waals surface area contributed by atoms with Crippen molar-refractivity contribution in [3.05, 3.63) is 28.8 Å². The van der Waals surface area contributed by atoms with Gasteiger partial charge in [0.25, 0.3) is 0 Å². The first-order valence-electron chi connectivity index (χ1n) is 5.55. The molecule has 1 amide bonds. The predicted molar refractivity (Wildman–Crippen MR) is 69.9 cm³/mol. The highest BCUT2D eigenvalue weighted by molar-refractivity contribution is 6.33. The van der Waals surface area contributed by atoms with Gasteiger partial charge >= 0.3 is 5.97 Å². The zero-order valence-corrected chi connectivity index (χ0v) is 10.7. The third-order valence-electron chi connectivity index (χ3n) is 2.40. The Morgan fingerprint density at radius 2 is 2.17 bits per heavy atom. The average molecular weight is 271 g/mol. The average Bonchev–Trinajstić information content (AvgIpc) is 2.28. The number of carbonyl (C=O) groups excluding carboxylic acids is 1. The van der Waals surface area contributed by atoms with Gasteiger partial charge in [-0.05, 0) is 24.6 Å². The van der Waals surface area contributed by atoms with Gasteiger partial charge in [-0.3, -0.25) is 4.79 Å². The van der Waals surface area contributed by atoms with Gasteiger partial charge in [0.1, 0.15) is 0 Å². The number of carboxylic acid groups (broad SMARTS) is 1. The third kappa shape index (κ3) is 3.72. The molecule has 1 atom stereocenters. The van der Waals surface area contributed by atoms with E-state index in [9.17, 15) is 9.59 Å².